The van der Waals surface area contributed by atoms with Crippen molar-refractivity contribution in [3.63, 3.8) is 0 Å². The van der Waals surface area contributed by atoms with E-state index in [2.05, 4.69) is 9.71 Å². The molecule has 3 N–H and O–H groups in total. The summed E-state index contributed by atoms with van der Waals surface area (Å²) in [4.78, 5) is 14.2. The van der Waals surface area contributed by atoms with Crippen molar-refractivity contribution in [1.82, 2.24) is 10.2 Å². The van der Waals surface area contributed by atoms with E-state index in [9.17, 15) is 13.2 Å². The third-order valence-electron chi connectivity index (χ3n) is 4.88. The molecule has 3 rings (SSSR count). The molecule has 1 aliphatic carbocycles. The van der Waals surface area contributed by atoms with E-state index in [1.807, 2.05) is 0 Å². The van der Waals surface area contributed by atoms with Crippen LogP contribution in [0.3, 0.4) is 0 Å². The Bertz CT molecular complexity index is 690. The van der Waals surface area contributed by atoms with Crippen molar-refractivity contribution in [3.05, 3.63) is 23.9 Å². The molecule has 1 saturated carbocycles. The normalized spacial score (nSPS) is 24.6. The van der Waals surface area contributed by atoms with Gasteiger partial charge in [-0.2, -0.15) is 0 Å². The second kappa shape index (κ2) is 7.06. The first kappa shape index (κ1) is 17.2. The molecule has 132 valence electrons. The number of hydrogen-bond donors (Lipinski definition) is 2. The Kier molecular flexibility index (Phi) is 5.05. The van der Waals surface area contributed by atoms with Gasteiger partial charge in [-0.25, -0.2) is 8.42 Å². The lowest BCUT2D eigenvalue weighted by atomic mass is 9.84. The second-order valence-corrected chi connectivity index (χ2v) is 8.32. The van der Waals surface area contributed by atoms with Gasteiger partial charge >= 0.3 is 0 Å². The fourth-order valence-corrected chi connectivity index (χ4v) is 4.46. The lowest BCUT2D eigenvalue weighted by molar-refractivity contribution is -0.118. The van der Waals surface area contributed by atoms with Crippen molar-refractivity contribution < 1.29 is 13.2 Å². The zero-order chi connectivity index (χ0) is 17.2. The molecule has 0 aromatic heterocycles. The Labute approximate surface area is 142 Å². The van der Waals surface area contributed by atoms with Gasteiger partial charge in [-0.1, -0.05) is 19.3 Å². The highest BCUT2D eigenvalue weighted by Gasteiger charge is 2.27. The van der Waals surface area contributed by atoms with Crippen LogP contribution in [0.5, 0.6) is 0 Å². The van der Waals surface area contributed by atoms with Gasteiger partial charge in [-0.05, 0) is 30.9 Å². The predicted molar refractivity (Wildman–Crippen MR) is 92.7 cm³/mol. The van der Waals surface area contributed by atoms with Gasteiger partial charge in [-0.3, -0.25) is 4.79 Å². The summed E-state index contributed by atoms with van der Waals surface area (Å²) in [5.74, 6) is 0.599. The Morgan fingerprint density at radius 1 is 1.33 bits per heavy atom. The Balaban J connectivity index is 1.67. The molecule has 7 nitrogen and oxygen atoms in total. The van der Waals surface area contributed by atoms with E-state index in [0.29, 0.717) is 30.4 Å². The fourth-order valence-electron chi connectivity index (χ4n) is 3.49. The van der Waals surface area contributed by atoms with E-state index >= 15 is 0 Å². The number of nitrogens with zero attached hydrogens (tertiary/aromatic N) is 2. The zero-order valence-corrected chi connectivity index (χ0v) is 14.5. The van der Waals surface area contributed by atoms with Crippen LogP contribution in [0.25, 0.3) is 0 Å². The Morgan fingerprint density at radius 3 is 2.79 bits per heavy atom. The van der Waals surface area contributed by atoms with Crippen LogP contribution in [0.4, 0.5) is 0 Å². The predicted octanol–water partition coefficient (Wildman–Crippen LogP) is 0.508. The number of carbonyl (C=O) groups excluding carboxylic acids is 1. The van der Waals surface area contributed by atoms with Crippen LogP contribution in [0, 0.1) is 5.92 Å². The summed E-state index contributed by atoms with van der Waals surface area (Å²) >= 11 is 0. The van der Waals surface area contributed by atoms with Crippen LogP contribution >= 0.6 is 0 Å². The SMILES string of the molecule is NCC(NC(=O)C1=CN2CCS(=O)(=O)N=C2C=C1)C1CCCCC1. The Hall–Kier alpha value is -1.67. The molecule has 1 unspecified atom stereocenters. The van der Waals surface area contributed by atoms with Gasteiger partial charge in [0.1, 0.15) is 5.84 Å². The lowest BCUT2D eigenvalue weighted by Crippen LogP contribution is -2.47. The van der Waals surface area contributed by atoms with Crippen LogP contribution in [-0.2, 0) is 14.8 Å². The van der Waals surface area contributed by atoms with Crippen LogP contribution in [-0.4, -0.2) is 49.9 Å². The van der Waals surface area contributed by atoms with Crippen molar-refractivity contribution in [2.45, 2.75) is 38.1 Å². The van der Waals surface area contributed by atoms with Crippen molar-refractivity contribution in [3.8, 4) is 0 Å². The van der Waals surface area contributed by atoms with Crippen LogP contribution < -0.4 is 11.1 Å². The molecule has 0 spiro atoms. The summed E-state index contributed by atoms with van der Waals surface area (Å²) in [7, 11) is -3.38. The number of nitrogens with one attached hydrogen (secondary N) is 1. The first-order valence-corrected chi connectivity index (χ1v) is 10.1. The van der Waals surface area contributed by atoms with E-state index in [-0.39, 0.29) is 17.7 Å². The quantitative estimate of drug-likeness (QED) is 0.767. The standard InChI is InChI=1S/C16H24N4O3S/c17-10-14(12-4-2-1-3-5-12)18-16(21)13-6-7-15-19-24(22,23)9-8-20(15)11-13/h6-7,11-12,14H,1-5,8-10,17H2,(H,18,21). The first-order valence-electron chi connectivity index (χ1n) is 8.48. The molecule has 0 saturated heterocycles. The van der Waals surface area contributed by atoms with E-state index < -0.39 is 10.0 Å². The van der Waals surface area contributed by atoms with Gasteiger partial charge in [-0.15, -0.1) is 4.40 Å². The maximum Gasteiger partial charge on any atom is 0.256 e. The average Bonchev–Trinajstić information content (AvgIpc) is 2.59. The first-order chi connectivity index (χ1) is 11.5. The largest absolute Gasteiger partial charge is 0.348 e. The summed E-state index contributed by atoms with van der Waals surface area (Å²) in [5, 5.41) is 3.05. The third-order valence-corrected chi connectivity index (χ3v) is 6.04. The van der Waals surface area contributed by atoms with Crippen LogP contribution in [0.1, 0.15) is 32.1 Å². The molecule has 24 heavy (non-hydrogen) atoms. The molecule has 2 aliphatic heterocycles. The molecule has 1 fully saturated rings. The molecule has 1 amide bonds. The van der Waals surface area contributed by atoms with E-state index in [0.717, 1.165) is 12.8 Å². The highest BCUT2D eigenvalue weighted by molar-refractivity contribution is 7.90. The topological polar surface area (TPSA) is 105 Å². The highest BCUT2D eigenvalue weighted by atomic mass is 32.2. The van der Waals surface area contributed by atoms with E-state index in [4.69, 9.17) is 5.73 Å². The molecule has 1 atom stereocenters. The number of nitrogens with two attached hydrogens (primary N) is 1. The lowest BCUT2D eigenvalue weighted by Gasteiger charge is -2.31. The van der Waals surface area contributed by atoms with Crippen molar-refractivity contribution in [1.29, 1.82) is 0 Å². The van der Waals surface area contributed by atoms with Gasteiger partial charge < -0.3 is 16.0 Å². The number of hydrogen-bond acceptors (Lipinski definition) is 5. The maximum absolute atomic E-state index is 12.5. The smallest absolute Gasteiger partial charge is 0.256 e. The number of fused-ring (bicyclic) bond motifs is 1. The minimum Gasteiger partial charge on any atom is -0.348 e. The second-order valence-electron chi connectivity index (χ2n) is 6.56. The van der Waals surface area contributed by atoms with Crippen LogP contribution in [0.2, 0.25) is 0 Å². The molecule has 0 radical (unpaired) electrons. The van der Waals surface area contributed by atoms with Crippen molar-refractivity contribution >= 4 is 21.8 Å². The van der Waals surface area contributed by atoms with Gasteiger partial charge in [0.2, 0.25) is 0 Å². The van der Waals surface area contributed by atoms with E-state index in [1.165, 1.54) is 19.3 Å². The van der Waals surface area contributed by atoms with Gasteiger partial charge in [0.25, 0.3) is 15.9 Å². The number of amidine groups is 1. The molecule has 3 aliphatic rings. The van der Waals surface area contributed by atoms with Gasteiger partial charge in [0, 0.05) is 25.3 Å². The average molecular weight is 352 g/mol. The number of rotatable bonds is 4. The Morgan fingerprint density at radius 2 is 2.08 bits per heavy atom. The molecule has 0 aromatic rings. The van der Waals surface area contributed by atoms with Crippen LogP contribution in [0.15, 0.2) is 28.3 Å². The van der Waals surface area contributed by atoms with Gasteiger partial charge in [0.15, 0.2) is 0 Å². The third kappa shape index (κ3) is 3.87. The van der Waals surface area contributed by atoms with Gasteiger partial charge in [0.05, 0.1) is 11.3 Å². The number of sulfonamides is 1. The summed E-state index contributed by atoms with van der Waals surface area (Å²) < 4.78 is 26.7. The fraction of sp³-hybridized carbons (Fsp3) is 0.625. The minimum absolute atomic E-state index is 0.0103. The number of carbonyl (C=O) groups is 1. The maximum atomic E-state index is 12.5. The number of amides is 1. The highest BCUT2D eigenvalue weighted by Crippen LogP contribution is 2.26. The monoisotopic (exact) mass is 352 g/mol. The van der Waals surface area contributed by atoms with E-state index in [1.54, 1.807) is 23.3 Å². The summed E-state index contributed by atoms with van der Waals surface area (Å²) in [5.41, 5.74) is 6.37. The molecule has 0 aromatic carbocycles. The summed E-state index contributed by atoms with van der Waals surface area (Å²) in [6.45, 7) is 0.743. The summed E-state index contributed by atoms with van der Waals surface area (Å²) in [6.07, 6.45) is 10.7. The molecule has 0 bridgehead atoms. The molecular weight excluding hydrogens is 328 g/mol. The molecular formula is C16H24N4O3S. The minimum atomic E-state index is -3.38. The van der Waals surface area contributed by atoms with Crippen molar-refractivity contribution in [2.75, 3.05) is 18.8 Å². The van der Waals surface area contributed by atoms with Crippen molar-refractivity contribution in [2.24, 2.45) is 16.0 Å². The molecule has 8 heteroatoms. The zero-order valence-electron chi connectivity index (χ0n) is 13.6. The summed E-state index contributed by atoms with van der Waals surface area (Å²) in [6, 6.07) is -0.0103. The molecule has 2 heterocycles.